The summed E-state index contributed by atoms with van der Waals surface area (Å²) in [6.45, 7) is 1.96. The number of amides is 2. The van der Waals surface area contributed by atoms with Crippen LogP contribution >= 0.6 is 11.6 Å². The van der Waals surface area contributed by atoms with Crippen LogP contribution in [-0.2, 0) is 0 Å². The first-order valence-electron chi connectivity index (χ1n) is 8.76. The molecule has 1 aromatic heterocycles. The predicted molar refractivity (Wildman–Crippen MR) is 110 cm³/mol. The largest absolute Gasteiger partial charge is 0.487 e. The molecule has 154 valence electrons. The molecule has 9 nitrogen and oxygen atoms in total. The van der Waals surface area contributed by atoms with Gasteiger partial charge in [0.2, 0.25) is 0 Å². The summed E-state index contributed by atoms with van der Waals surface area (Å²) in [5, 5.41) is 16.6. The first-order valence-corrected chi connectivity index (χ1v) is 9.14. The molecule has 1 heterocycles. The number of benzene rings is 2. The van der Waals surface area contributed by atoms with Crippen molar-refractivity contribution in [2.75, 3.05) is 17.2 Å². The van der Waals surface area contributed by atoms with Gasteiger partial charge in [0.05, 0.1) is 28.5 Å². The summed E-state index contributed by atoms with van der Waals surface area (Å²) in [4.78, 5) is 35.1. The Morgan fingerprint density at radius 1 is 1.13 bits per heavy atom. The van der Waals surface area contributed by atoms with E-state index in [4.69, 9.17) is 20.8 Å². The minimum absolute atomic E-state index is 0.0801. The van der Waals surface area contributed by atoms with Gasteiger partial charge in [-0.05, 0) is 49.4 Å². The molecule has 2 aromatic carbocycles. The van der Waals surface area contributed by atoms with Crippen molar-refractivity contribution >= 4 is 40.5 Å². The van der Waals surface area contributed by atoms with Gasteiger partial charge in [-0.2, -0.15) is 0 Å². The summed E-state index contributed by atoms with van der Waals surface area (Å²) in [5.74, 6) is -0.829. The molecule has 0 radical (unpaired) electrons. The highest BCUT2D eigenvalue weighted by atomic mass is 35.5. The Kier molecular flexibility index (Phi) is 6.33. The van der Waals surface area contributed by atoms with E-state index in [-0.39, 0.29) is 34.4 Å². The van der Waals surface area contributed by atoms with Gasteiger partial charge in [0.25, 0.3) is 11.8 Å². The molecule has 0 bridgehead atoms. The molecule has 0 atom stereocenters. The third-order valence-corrected chi connectivity index (χ3v) is 4.25. The van der Waals surface area contributed by atoms with Crippen molar-refractivity contribution in [1.29, 1.82) is 0 Å². The molecule has 3 aromatic rings. The van der Waals surface area contributed by atoms with E-state index in [2.05, 4.69) is 10.6 Å². The average Bonchev–Trinajstić information content (AvgIpc) is 3.25. The summed E-state index contributed by atoms with van der Waals surface area (Å²) in [6, 6.07) is 11.5. The third-order valence-electron chi connectivity index (χ3n) is 3.94. The minimum atomic E-state index is -0.616. The number of carbonyl (C=O) groups is 2. The Labute approximate surface area is 175 Å². The molecular weight excluding hydrogens is 414 g/mol. The van der Waals surface area contributed by atoms with Gasteiger partial charge in [-0.3, -0.25) is 19.7 Å². The lowest BCUT2D eigenvalue weighted by Crippen LogP contribution is -2.13. The minimum Gasteiger partial charge on any atom is -0.487 e. The summed E-state index contributed by atoms with van der Waals surface area (Å²) in [5.41, 5.74) is 0.445. The topological polar surface area (TPSA) is 124 Å². The molecule has 0 spiro atoms. The van der Waals surface area contributed by atoms with E-state index in [0.29, 0.717) is 11.4 Å². The molecule has 30 heavy (non-hydrogen) atoms. The van der Waals surface area contributed by atoms with Gasteiger partial charge in [0, 0.05) is 17.3 Å². The van der Waals surface area contributed by atoms with Crippen LogP contribution in [0.3, 0.4) is 0 Å². The highest BCUT2D eigenvalue weighted by Gasteiger charge is 2.19. The Morgan fingerprint density at radius 2 is 1.93 bits per heavy atom. The SMILES string of the molecule is CCOc1ccc(C(=O)Nc2ccc(NC(=O)c3ccco3)c(Cl)c2)cc1[N+](=O)[O-]. The van der Waals surface area contributed by atoms with Crippen LogP contribution in [0.5, 0.6) is 5.75 Å². The number of ether oxygens (including phenoxy) is 1. The average molecular weight is 430 g/mol. The number of nitrogens with zero attached hydrogens (tertiary/aromatic N) is 1. The standard InChI is InChI=1S/C20H16ClN3O6/c1-2-29-17-8-5-12(10-16(17)24(27)28)19(25)22-13-6-7-15(14(21)11-13)23-20(26)18-4-3-9-30-18/h3-11H,2H2,1H3,(H,22,25)(H,23,26). The van der Waals surface area contributed by atoms with Crippen molar-refractivity contribution < 1.29 is 23.7 Å². The van der Waals surface area contributed by atoms with Crippen molar-refractivity contribution in [1.82, 2.24) is 0 Å². The molecule has 2 amide bonds. The quantitative estimate of drug-likeness (QED) is 0.412. The van der Waals surface area contributed by atoms with Gasteiger partial charge in [0.1, 0.15) is 0 Å². The van der Waals surface area contributed by atoms with E-state index in [9.17, 15) is 19.7 Å². The van der Waals surface area contributed by atoms with Crippen LogP contribution in [0, 0.1) is 10.1 Å². The highest BCUT2D eigenvalue weighted by Crippen LogP contribution is 2.29. The summed E-state index contributed by atoms with van der Waals surface area (Å²) in [6.07, 6.45) is 1.38. The van der Waals surface area contributed by atoms with E-state index < -0.39 is 16.7 Å². The number of nitrogens with one attached hydrogen (secondary N) is 2. The lowest BCUT2D eigenvalue weighted by molar-refractivity contribution is -0.385. The van der Waals surface area contributed by atoms with Crippen molar-refractivity contribution in [2.24, 2.45) is 0 Å². The molecule has 0 saturated carbocycles. The van der Waals surface area contributed by atoms with Crippen LogP contribution in [0.25, 0.3) is 0 Å². The number of hydrogen-bond donors (Lipinski definition) is 2. The van der Waals surface area contributed by atoms with Gasteiger partial charge in [-0.15, -0.1) is 0 Å². The van der Waals surface area contributed by atoms with Gasteiger partial charge < -0.3 is 19.8 Å². The Hall–Kier alpha value is -3.85. The zero-order chi connectivity index (χ0) is 21.7. The molecule has 10 heteroatoms. The normalized spacial score (nSPS) is 10.3. The maximum atomic E-state index is 12.5. The lowest BCUT2D eigenvalue weighted by Gasteiger charge is -2.10. The van der Waals surface area contributed by atoms with Gasteiger partial charge >= 0.3 is 5.69 Å². The maximum absolute atomic E-state index is 12.5. The summed E-state index contributed by atoms with van der Waals surface area (Å²) in [7, 11) is 0. The van der Waals surface area contributed by atoms with E-state index in [1.165, 1.54) is 42.7 Å². The highest BCUT2D eigenvalue weighted by molar-refractivity contribution is 6.34. The Bertz CT molecular complexity index is 1100. The molecule has 2 N–H and O–H groups in total. The zero-order valence-corrected chi connectivity index (χ0v) is 16.4. The van der Waals surface area contributed by atoms with Gasteiger partial charge in [0.15, 0.2) is 11.5 Å². The van der Waals surface area contributed by atoms with Crippen molar-refractivity contribution in [2.45, 2.75) is 6.92 Å². The van der Waals surface area contributed by atoms with E-state index in [0.717, 1.165) is 6.07 Å². The molecule has 3 rings (SSSR count). The second-order valence-electron chi connectivity index (χ2n) is 5.95. The number of anilines is 2. The monoisotopic (exact) mass is 429 g/mol. The number of carbonyl (C=O) groups excluding carboxylic acids is 2. The zero-order valence-electron chi connectivity index (χ0n) is 15.7. The van der Waals surface area contributed by atoms with Crippen molar-refractivity contribution in [3.8, 4) is 5.75 Å². The van der Waals surface area contributed by atoms with Crippen LogP contribution in [-0.4, -0.2) is 23.3 Å². The van der Waals surface area contributed by atoms with Crippen molar-refractivity contribution in [3.05, 3.63) is 81.3 Å². The number of halogens is 1. The number of nitro groups is 1. The van der Waals surface area contributed by atoms with Crippen molar-refractivity contribution in [3.63, 3.8) is 0 Å². The van der Waals surface area contributed by atoms with E-state index in [1.807, 2.05) is 0 Å². The number of nitro benzene ring substituents is 1. The molecule has 0 aliphatic carbocycles. The number of furan rings is 1. The van der Waals surface area contributed by atoms with Gasteiger partial charge in [-0.25, -0.2) is 0 Å². The fourth-order valence-electron chi connectivity index (χ4n) is 2.57. The first kappa shape index (κ1) is 20.9. The second kappa shape index (κ2) is 9.10. The molecule has 0 fully saturated rings. The Balaban J connectivity index is 1.74. The number of hydrogen-bond acceptors (Lipinski definition) is 6. The first-order chi connectivity index (χ1) is 14.4. The Morgan fingerprint density at radius 3 is 2.57 bits per heavy atom. The fraction of sp³-hybridized carbons (Fsp3) is 0.100. The van der Waals surface area contributed by atoms with Crippen LogP contribution in [0.4, 0.5) is 17.1 Å². The summed E-state index contributed by atoms with van der Waals surface area (Å²) < 4.78 is 10.2. The molecular formula is C20H16ClN3O6. The molecule has 0 aliphatic heterocycles. The van der Waals surface area contributed by atoms with Crippen LogP contribution in [0.2, 0.25) is 5.02 Å². The lowest BCUT2D eigenvalue weighted by atomic mass is 10.1. The third kappa shape index (κ3) is 4.76. The van der Waals surface area contributed by atoms with Crippen LogP contribution in [0.15, 0.2) is 59.2 Å². The molecule has 0 unspecified atom stereocenters. The molecule has 0 saturated heterocycles. The molecule has 0 aliphatic rings. The fourth-order valence-corrected chi connectivity index (χ4v) is 2.80. The maximum Gasteiger partial charge on any atom is 0.311 e. The van der Waals surface area contributed by atoms with E-state index in [1.54, 1.807) is 13.0 Å². The van der Waals surface area contributed by atoms with E-state index >= 15 is 0 Å². The summed E-state index contributed by atoms with van der Waals surface area (Å²) >= 11 is 6.18. The second-order valence-corrected chi connectivity index (χ2v) is 6.36. The van der Waals surface area contributed by atoms with Crippen LogP contribution in [0.1, 0.15) is 27.8 Å². The smallest absolute Gasteiger partial charge is 0.311 e. The number of rotatable bonds is 7. The van der Waals surface area contributed by atoms with Gasteiger partial charge in [-0.1, -0.05) is 11.6 Å². The predicted octanol–water partition coefficient (Wildman–Crippen LogP) is 4.74. The van der Waals surface area contributed by atoms with Crippen LogP contribution < -0.4 is 15.4 Å².